The van der Waals surface area contributed by atoms with Crippen LogP contribution in [0.15, 0.2) is 48.5 Å². The van der Waals surface area contributed by atoms with Crippen LogP contribution < -0.4 is 16.4 Å². The number of likely N-dealkylation sites (tertiary alicyclic amines) is 1. The maximum atomic E-state index is 13.1. The lowest BCUT2D eigenvalue weighted by molar-refractivity contribution is 0.0624. The van der Waals surface area contributed by atoms with Crippen LogP contribution in [0, 0.1) is 11.8 Å². The SMILES string of the molecule is C[C@@H]1C[C@@H](C)CN(C(=O)c2ccccc2NC(=O)c2cccc(NC(N)=O)c2)C1. The van der Waals surface area contributed by atoms with Gasteiger partial charge in [-0.25, -0.2) is 4.79 Å². The Balaban J connectivity index is 1.79. The number of nitrogens with two attached hydrogens (primary N) is 1. The minimum Gasteiger partial charge on any atom is -0.351 e. The molecule has 1 fully saturated rings. The summed E-state index contributed by atoms with van der Waals surface area (Å²) in [6, 6.07) is 12.7. The van der Waals surface area contributed by atoms with E-state index in [0.717, 1.165) is 6.42 Å². The fourth-order valence-electron chi connectivity index (χ4n) is 3.85. The van der Waals surface area contributed by atoms with Crippen molar-refractivity contribution in [3.8, 4) is 0 Å². The lowest BCUT2D eigenvalue weighted by atomic mass is 9.91. The molecule has 4 N–H and O–H groups in total. The third-order valence-electron chi connectivity index (χ3n) is 4.95. The first-order chi connectivity index (χ1) is 13.8. The summed E-state index contributed by atoms with van der Waals surface area (Å²) >= 11 is 0. The smallest absolute Gasteiger partial charge is 0.316 e. The van der Waals surface area contributed by atoms with Gasteiger partial charge in [0.15, 0.2) is 0 Å². The molecule has 0 aromatic heterocycles. The van der Waals surface area contributed by atoms with Crippen LogP contribution in [-0.2, 0) is 0 Å². The van der Waals surface area contributed by atoms with Crippen LogP contribution in [0.5, 0.6) is 0 Å². The lowest BCUT2D eigenvalue weighted by Gasteiger charge is -2.35. The minimum atomic E-state index is -0.705. The van der Waals surface area contributed by atoms with E-state index in [-0.39, 0.29) is 11.8 Å². The van der Waals surface area contributed by atoms with Crippen molar-refractivity contribution in [2.45, 2.75) is 20.3 Å². The molecule has 1 aliphatic rings. The molecular weight excluding hydrogens is 368 g/mol. The van der Waals surface area contributed by atoms with Gasteiger partial charge in [0.1, 0.15) is 0 Å². The molecule has 0 aliphatic carbocycles. The van der Waals surface area contributed by atoms with Crippen molar-refractivity contribution >= 4 is 29.2 Å². The van der Waals surface area contributed by atoms with Crippen LogP contribution in [0.1, 0.15) is 41.0 Å². The quantitative estimate of drug-likeness (QED) is 0.738. The molecule has 29 heavy (non-hydrogen) atoms. The number of carbonyl (C=O) groups excluding carboxylic acids is 3. The molecule has 0 bridgehead atoms. The van der Waals surface area contributed by atoms with E-state index >= 15 is 0 Å². The van der Waals surface area contributed by atoms with Gasteiger partial charge in [-0.3, -0.25) is 9.59 Å². The molecule has 4 amide bonds. The molecule has 152 valence electrons. The van der Waals surface area contributed by atoms with Gasteiger partial charge >= 0.3 is 6.03 Å². The van der Waals surface area contributed by atoms with Gasteiger partial charge in [-0.15, -0.1) is 0 Å². The molecule has 7 nitrogen and oxygen atoms in total. The van der Waals surface area contributed by atoms with Gasteiger partial charge in [0.25, 0.3) is 11.8 Å². The Morgan fingerprint density at radius 2 is 1.66 bits per heavy atom. The molecule has 2 atom stereocenters. The molecule has 1 heterocycles. The van der Waals surface area contributed by atoms with Crippen molar-refractivity contribution < 1.29 is 14.4 Å². The van der Waals surface area contributed by atoms with E-state index in [1.165, 1.54) is 6.07 Å². The summed E-state index contributed by atoms with van der Waals surface area (Å²) < 4.78 is 0. The van der Waals surface area contributed by atoms with Crippen molar-refractivity contribution in [2.75, 3.05) is 23.7 Å². The Morgan fingerprint density at radius 3 is 2.34 bits per heavy atom. The number of primary amides is 1. The van der Waals surface area contributed by atoms with E-state index in [4.69, 9.17) is 5.73 Å². The highest BCUT2D eigenvalue weighted by Crippen LogP contribution is 2.25. The zero-order valence-corrected chi connectivity index (χ0v) is 16.6. The zero-order valence-electron chi connectivity index (χ0n) is 16.6. The predicted molar refractivity (Wildman–Crippen MR) is 113 cm³/mol. The van der Waals surface area contributed by atoms with Crippen molar-refractivity contribution in [3.05, 3.63) is 59.7 Å². The third-order valence-corrected chi connectivity index (χ3v) is 4.95. The normalized spacial score (nSPS) is 18.8. The second-order valence-electron chi connectivity index (χ2n) is 7.73. The van der Waals surface area contributed by atoms with Gasteiger partial charge in [0.05, 0.1) is 11.3 Å². The van der Waals surface area contributed by atoms with Gasteiger partial charge in [-0.2, -0.15) is 0 Å². The fourth-order valence-corrected chi connectivity index (χ4v) is 3.85. The molecule has 0 radical (unpaired) electrons. The number of benzene rings is 2. The highest BCUT2D eigenvalue weighted by atomic mass is 16.2. The summed E-state index contributed by atoms with van der Waals surface area (Å²) in [6.45, 7) is 5.73. The van der Waals surface area contributed by atoms with E-state index in [2.05, 4.69) is 24.5 Å². The fraction of sp³-hybridized carbons (Fsp3) is 0.318. The number of carbonyl (C=O) groups is 3. The molecular formula is C22H26N4O3. The largest absolute Gasteiger partial charge is 0.351 e. The number of rotatable bonds is 4. The second-order valence-corrected chi connectivity index (χ2v) is 7.73. The van der Waals surface area contributed by atoms with Gasteiger partial charge in [0, 0.05) is 24.3 Å². The average Bonchev–Trinajstić information content (AvgIpc) is 2.67. The highest BCUT2D eigenvalue weighted by molar-refractivity contribution is 6.09. The summed E-state index contributed by atoms with van der Waals surface area (Å²) in [7, 11) is 0. The second kappa shape index (κ2) is 8.77. The van der Waals surface area contributed by atoms with E-state index in [1.54, 1.807) is 42.5 Å². The summed E-state index contributed by atoms with van der Waals surface area (Å²) in [4.78, 5) is 38.7. The monoisotopic (exact) mass is 394 g/mol. The number of hydrogen-bond acceptors (Lipinski definition) is 3. The number of hydrogen-bond donors (Lipinski definition) is 3. The van der Waals surface area contributed by atoms with E-state index in [1.807, 2.05) is 4.90 Å². The summed E-state index contributed by atoms with van der Waals surface area (Å²) in [5, 5.41) is 5.26. The van der Waals surface area contributed by atoms with Crippen LogP contribution in [0.25, 0.3) is 0 Å². The Hall–Kier alpha value is -3.35. The predicted octanol–water partition coefficient (Wildman–Crippen LogP) is 3.55. The van der Waals surface area contributed by atoms with E-state index in [0.29, 0.717) is 47.4 Å². The van der Waals surface area contributed by atoms with Crippen LogP contribution in [0.3, 0.4) is 0 Å². The summed E-state index contributed by atoms with van der Waals surface area (Å²) in [5.74, 6) is 0.442. The molecule has 3 rings (SSSR count). The first-order valence-corrected chi connectivity index (χ1v) is 9.69. The van der Waals surface area contributed by atoms with Gasteiger partial charge < -0.3 is 21.3 Å². The number of nitrogens with zero attached hydrogens (tertiary/aromatic N) is 1. The number of amides is 4. The molecule has 2 aromatic rings. The first-order valence-electron chi connectivity index (χ1n) is 9.69. The van der Waals surface area contributed by atoms with Gasteiger partial charge in [-0.1, -0.05) is 32.0 Å². The maximum Gasteiger partial charge on any atom is 0.316 e. The number of urea groups is 1. The summed E-state index contributed by atoms with van der Waals surface area (Å²) in [6.07, 6.45) is 1.11. The van der Waals surface area contributed by atoms with Crippen LogP contribution in [-0.4, -0.2) is 35.8 Å². The van der Waals surface area contributed by atoms with E-state index in [9.17, 15) is 14.4 Å². The van der Waals surface area contributed by atoms with Crippen molar-refractivity contribution in [1.29, 1.82) is 0 Å². The molecule has 0 saturated carbocycles. The molecule has 0 spiro atoms. The minimum absolute atomic E-state index is 0.0801. The van der Waals surface area contributed by atoms with Crippen LogP contribution in [0.2, 0.25) is 0 Å². The molecule has 7 heteroatoms. The zero-order chi connectivity index (χ0) is 21.0. The van der Waals surface area contributed by atoms with E-state index < -0.39 is 6.03 Å². The lowest BCUT2D eigenvalue weighted by Crippen LogP contribution is -2.42. The molecule has 1 aliphatic heterocycles. The third kappa shape index (κ3) is 5.13. The van der Waals surface area contributed by atoms with Gasteiger partial charge in [-0.05, 0) is 48.6 Å². The summed E-state index contributed by atoms with van der Waals surface area (Å²) in [5.41, 5.74) is 6.82. The Labute approximate surface area is 170 Å². The molecule has 0 unspecified atom stereocenters. The van der Waals surface area contributed by atoms with Crippen LogP contribution >= 0.6 is 0 Å². The average molecular weight is 394 g/mol. The van der Waals surface area contributed by atoms with Crippen molar-refractivity contribution in [3.63, 3.8) is 0 Å². The van der Waals surface area contributed by atoms with Crippen LogP contribution in [0.4, 0.5) is 16.2 Å². The topological polar surface area (TPSA) is 105 Å². The molecule has 2 aromatic carbocycles. The Bertz CT molecular complexity index is 918. The highest BCUT2D eigenvalue weighted by Gasteiger charge is 2.27. The van der Waals surface area contributed by atoms with Crippen molar-refractivity contribution in [1.82, 2.24) is 4.90 Å². The number of nitrogens with one attached hydrogen (secondary N) is 2. The Kier molecular flexibility index (Phi) is 6.16. The first kappa shape index (κ1) is 20.4. The number of anilines is 2. The molecule has 1 saturated heterocycles. The Morgan fingerprint density at radius 1 is 0.966 bits per heavy atom. The standard InChI is InChI=1S/C22H26N4O3/c1-14-10-15(2)13-26(12-14)21(28)18-8-3-4-9-19(18)25-20(27)16-6-5-7-17(11-16)24-22(23)29/h3-9,11,14-15H,10,12-13H2,1-2H3,(H,25,27)(H3,23,24,29)/t14-,15-/m1/s1. The number of piperidine rings is 1. The van der Waals surface area contributed by atoms with Gasteiger partial charge in [0.2, 0.25) is 0 Å². The number of para-hydroxylation sites is 1. The maximum absolute atomic E-state index is 13.1. The van der Waals surface area contributed by atoms with Crippen molar-refractivity contribution in [2.24, 2.45) is 17.6 Å².